The van der Waals surface area contributed by atoms with E-state index in [0.29, 0.717) is 16.1 Å². The molecule has 1 aromatic heterocycles. The number of fused-ring (bicyclic) bond motifs is 1. The van der Waals surface area contributed by atoms with Crippen molar-refractivity contribution in [1.29, 1.82) is 10.5 Å². The standard InChI is InChI=1S/C20H17N3O4S/c21-9-13-5-1-3-7-16(13)26-12-19(25)27-11-18(24)23-20-15(10-22)14-6-2-4-8-17(14)28-20/h1,3,5,7H,2,4,6,8,11-12H2,(H,23,24). The van der Waals surface area contributed by atoms with Gasteiger partial charge in [0.25, 0.3) is 5.91 Å². The SMILES string of the molecule is N#Cc1ccccc1OCC(=O)OCC(=O)Nc1sc2c(c1C#N)CCCC2. The molecule has 2 aromatic rings. The van der Waals surface area contributed by atoms with E-state index in [1.165, 1.54) is 11.3 Å². The maximum atomic E-state index is 12.1. The van der Waals surface area contributed by atoms with Gasteiger partial charge in [-0.3, -0.25) is 4.79 Å². The zero-order chi connectivity index (χ0) is 19.9. The Hall–Kier alpha value is -3.36. The monoisotopic (exact) mass is 395 g/mol. The number of aryl methyl sites for hydroxylation is 1. The summed E-state index contributed by atoms with van der Waals surface area (Å²) < 4.78 is 10.2. The van der Waals surface area contributed by atoms with Crippen molar-refractivity contribution < 1.29 is 19.1 Å². The van der Waals surface area contributed by atoms with Crippen LogP contribution in [0.2, 0.25) is 0 Å². The fraction of sp³-hybridized carbons (Fsp3) is 0.300. The van der Waals surface area contributed by atoms with E-state index in [9.17, 15) is 14.9 Å². The predicted octanol–water partition coefficient (Wildman–Crippen LogP) is 2.93. The lowest BCUT2D eigenvalue weighted by Gasteiger charge is -2.09. The zero-order valence-electron chi connectivity index (χ0n) is 15.0. The first kappa shape index (κ1) is 19.4. The highest BCUT2D eigenvalue weighted by Crippen LogP contribution is 2.37. The van der Waals surface area contributed by atoms with Gasteiger partial charge in [0.2, 0.25) is 0 Å². The molecule has 0 saturated heterocycles. The van der Waals surface area contributed by atoms with Crippen LogP contribution >= 0.6 is 11.3 Å². The number of nitrogens with zero attached hydrogens (tertiary/aromatic N) is 2. The van der Waals surface area contributed by atoms with E-state index in [4.69, 9.17) is 14.7 Å². The molecule has 1 amide bonds. The summed E-state index contributed by atoms with van der Waals surface area (Å²) in [5, 5.41) is 21.5. The van der Waals surface area contributed by atoms with Crippen molar-refractivity contribution in [2.75, 3.05) is 18.5 Å². The minimum atomic E-state index is -0.728. The van der Waals surface area contributed by atoms with Crippen molar-refractivity contribution >= 4 is 28.2 Å². The Morgan fingerprint density at radius 2 is 1.89 bits per heavy atom. The number of benzene rings is 1. The lowest BCUT2D eigenvalue weighted by molar-refractivity contribution is -0.149. The zero-order valence-corrected chi connectivity index (χ0v) is 15.8. The molecule has 1 N–H and O–H groups in total. The van der Waals surface area contributed by atoms with Gasteiger partial charge in [-0.2, -0.15) is 10.5 Å². The van der Waals surface area contributed by atoms with Gasteiger partial charge in [-0.1, -0.05) is 12.1 Å². The van der Waals surface area contributed by atoms with Crippen LogP contribution in [-0.4, -0.2) is 25.1 Å². The summed E-state index contributed by atoms with van der Waals surface area (Å²) >= 11 is 1.41. The molecule has 1 aliphatic carbocycles. The number of carbonyl (C=O) groups is 2. The number of ether oxygens (including phenoxy) is 2. The number of hydrogen-bond acceptors (Lipinski definition) is 7. The smallest absolute Gasteiger partial charge is 0.344 e. The summed E-state index contributed by atoms with van der Waals surface area (Å²) in [7, 11) is 0. The molecule has 0 radical (unpaired) electrons. The fourth-order valence-corrected chi connectivity index (χ4v) is 4.20. The first-order valence-corrected chi connectivity index (χ1v) is 9.56. The molecule has 0 bridgehead atoms. The van der Waals surface area contributed by atoms with Crippen molar-refractivity contribution in [3.8, 4) is 17.9 Å². The highest BCUT2D eigenvalue weighted by molar-refractivity contribution is 7.16. The predicted molar refractivity (Wildman–Crippen MR) is 102 cm³/mol. The van der Waals surface area contributed by atoms with Gasteiger partial charge in [-0.25, -0.2) is 4.79 Å². The van der Waals surface area contributed by atoms with E-state index >= 15 is 0 Å². The number of para-hydroxylation sites is 1. The molecule has 3 rings (SSSR count). The average molecular weight is 395 g/mol. The van der Waals surface area contributed by atoms with Crippen molar-refractivity contribution in [3.05, 3.63) is 45.8 Å². The molecule has 28 heavy (non-hydrogen) atoms. The molecule has 0 unspecified atom stereocenters. The van der Waals surface area contributed by atoms with Crippen LogP contribution in [-0.2, 0) is 27.2 Å². The van der Waals surface area contributed by atoms with Gasteiger partial charge in [0.1, 0.15) is 22.9 Å². The summed E-state index contributed by atoms with van der Waals surface area (Å²) in [6.45, 7) is -0.891. The first-order chi connectivity index (χ1) is 13.6. The summed E-state index contributed by atoms with van der Waals surface area (Å²) in [4.78, 5) is 25.0. The fourth-order valence-electron chi connectivity index (χ4n) is 2.94. The topological polar surface area (TPSA) is 112 Å². The van der Waals surface area contributed by atoms with E-state index in [2.05, 4.69) is 11.4 Å². The minimum absolute atomic E-state index is 0.272. The van der Waals surface area contributed by atoms with Crippen LogP contribution in [0.25, 0.3) is 0 Å². The number of rotatable bonds is 6. The van der Waals surface area contributed by atoms with Gasteiger partial charge in [-0.05, 0) is 43.4 Å². The summed E-state index contributed by atoms with van der Waals surface area (Å²) in [6, 6.07) is 10.6. The molecule has 7 nitrogen and oxygen atoms in total. The molecule has 1 heterocycles. The molecule has 1 aromatic carbocycles. The summed E-state index contributed by atoms with van der Waals surface area (Å²) in [5.41, 5.74) is 1.84. The number of carbonyl (C=O) groups excluding carboxylic acids is 2. The lowest BCUT2D eigenvalue weighted by Crippen LogP contribution is -2.23. The van der Waals surface area contributed by atoms with E-state index in [0.717, 1.165) is 36.1 Å². The van der Waals surface area contributed by atoms with Crippen LogP contribution in [0.5, 0.6) is 5.75 Å². The third-order valence-corrected chi connectivity index (χ3v) is 5.46. The minimum Gasteiger partial charge on any atom is -0.481 e. The summed E-state index contributed by atoms with van der Waals surface area (Å²) in [5.74, 6) is -0.969. The van der Waals surface area contributed by atoms with Gasteiger partial charge in [-0.15, -0.1) is 11.3 Å². The second-order valence-corrected chi connectivity index (χ2v) is 7.24. The Bertz CT molecular complexity index is 984. The van der Waals surface area contributed by atoms with Crippen LogP contribution in [0.4, 0.5) is 5.00 Å². The Balaban J connectivity index is 1.51. The quantitative estimate of drug-likeness (QED) is 0.753. The molecule has 0 fully saturated rings. The van der Waals surface area contributed by atoms with Crippen LogP contribution in [0.3, 0.4) is 0 Å². The highest BCUT2D eigenvalue weighted by Gasteiger charge is 2.22. The number of amides is 1. The normalized spacial score (nSPS) is 12.2. The number of anilines is 1. The summed E-state index contributed by atoms with van der Waals surface area (Å²) in [6.07, 6.45) is 3.89. The maximum Gasteiger partial charge on any atom is 0.344 e. The Morgan fingerprint density at radius 1 is 1.11 bits per heavy atom. The van der Waals surface area contributed by atoms with Gasteiger partial charge < -0.3 is 14.8 Å². The Kier molecular flexibility index (Phi) is 6.25. The molecule has 0 aliphatic heterocycles. The molecular formula is C20H17N3O4S. The van der Waals surface area contributed by atoms with Crippen molar-refractivity contribution in [2.45, 2.75) is 25.7 Å². The van der Waals surface area contributed by atoms with E-state index in [1.54, 1.807) is 24.3 Å². The number of nitrogens with one attached hydrogen (secondary N) is 1. The van der Waals surface area contributed by atoms with Crippen molar-refractivity contribution in [3.63, 3.8) is 0 Å². The van der Waals surface area contributed by atoms with E-state index in [-0.39, 0.29) is 5.75 Å². The maximum absolute atomic E-state index is 12.1. The second kappa shape index (κ2) is 9.03. The van der Waals surface area contributed by atoms with Gasteiger partial charge >= 0.3 is 5.97 Å². The second-order valence-electron chi connectivity index (χ2n) is 6.13. The molecule has 0 spiro atoms. The third kappa shape index (κ3) is 4.48. The van der Waals surface area contributed by atoms with Gasteiger partial charge in [0.05, 0.1) is 11.1 Å². The van der Waals surface area contributed by atoms with Gasteiger partial charge in [0.15, 0.2) is 13.2 Å². The molecule has 1 aliphatic rings. The van der Waals surface area contributed by atoms with Crippen molar-refractivity contribution in [1.82, 2.24) is 0 Å². The number of esters is 1. The third-order valence-electron chi connectivity index (χ3n) is 4.25. The van der Waals surface area contributed by atoms with Crippen LogP contribution in [0.15, 0.2) is 24.3 Å². The Labute approximate surface area is 166 Å². The first-order valence-electron chi connectivity index (χ1n) is 8.74. The van der Waals surface area contributed by atoms with Crippen LogP contribution in [0, 0.1) is 22.7 Å². The average Bonchev–Trinajstić information content (AvgIpc) is 3.07. The number of thiophene rings is 1. The van der Waals surface area contributed by atoms with Gasteiger partial charge in [0, 0.05) is 4.88 Å². The van der Waals surface area contributed by atoms with Crippen molar-refractivity contribution in [2.24, 2.45) is 0 Å². The van der Waals surface area contributed by atoms with E-state index in [1.807, 2.05) is 6.07 Å². The molecule has 142 valence electrons. The van der Waals surface area contributed by atoms with Crippen LogP contribution in [0.1, 0.15) is 34.4 Å². The highest BCUT2D eigenvalue weighted by atomic mass is 32.1. The number of nitriles is 2. The molecule has 0 atom stereocenters. The molecule has 0 saturated carbocycles. The molecule has 8 heteroatoms. The number of hydrogen-bond donors (Lipinski definition) is 1. The van der Waals surface area contributed by atoms with Crippen LogP contribution < -0.4 is 10.1 Å². The largest absolute Gasteiger partial charge is 0.481 e. The Morgan fingerprint density at radius 3 is 2.68 bits per heavy atom. The molecular weight excluding hydrogens is 378 g/mol. The van der Waals surface area contributed by atoms with E-state index < -0.39 is 25.1 Å². The lowest BCUT2D eigenvalue weighted by atomic mass is 9.96.